The molecule has 1 rings (SSSR count). The number of sulfonamides is 1. The van der Waals surface area contributed by atoms with Crippen molar-refractivity contribution in [3.63, 3.8) is 0 Å². The molecule has 0 aliphatic heterocycles. The Morgan fingerprint density at radius 1 is 1.15 bits per heavy atom. The van der Waals surface area contributed by atoms with Gasteiger partial charge in [0.1, 0.15) is 0 Å². The van der Waals surface area contributed by atoms with Crippen molar-refractivity contribution in [1.82, 2.24) is 4.31 Å². The van der Waals surface area contributed by atoms with Crippen LogP contribution in [0.2, 0.25) is 0 Å². The number of aliphatic hydroxyl groups is 1. The molecule has 114 valence electrons. The van der Waals surface area contributed by atoms with E-state index in [2.05, 4.69) is 0 Å². The van der Waals surface area contributed by atoms with Crippen LogP contribution in [0.1, 0.15) is 30.9 Å². The number of nitrogens with two attached hydrogens (primary N) is 1. The van der Waals surface area contributed by atoms with E-state index in [-0.39, 0.29) is 18.9 Å². The van der Waals surface area contributed by atoms with E-state index in [1.54, 1.807) is 12.1 Å². The Hall–Kier alpha value is -0.950. The summed E-state index contributed by atoms with van der Waals surface area (Å²) in [5, 5.41) is 9.01. The van der Waals surface area contributed by atoms with E-state index >= 15 is 0 Å². The number of unbranched alkanes of at least 4 members (excludes halogenated alkanes) is 1. The predicted molar refractivity (Wildman–Crippen MR) is 80.5 cm³/mol. The van der Waals surface area contributed by atoms with Gasteiger partial charge in [-0.05, 0) is 17.5 Å². The molecular weight excluding hydrogens is 276 g/mol. The molecular formula is C14H24N2O3S. The van der Waals surface area contributed by atoms with Gasteiger partial charge in [0.25, 0.3) is 0 Å². The van der Waals surface area contributed by atoms with E-state index in [9.17, 15) is 8.42 Å². The molecule has 0 fully saturated rings. The summed E-state index contributed by atoms with van der Waals surface area (Å²) < 4.78 is 26.0. The molecule has 0 heterocycles. The Morgan fingerprint density at radius 3 is 2.25 bits per heavy atom. The summed E-state index contributed by atoms with van der Waals surface area (Å²) in [5.74, 6) is -0.0401. The van der Waals surface area contributed by atoms with E-state index in [4.69, 9.17) is 10.8 Å². The summed E-state index contributed by atoms with van der Waals surface area (Å²) in [6.07, 6.45) is 1.72. The van der Waals surface area contributed by atoms with Crippen LogP contribution in [0.15, 0.2) is 24.3 Å². The minimum absolute atomic E-state index is 0.0401. The third kappa shape index (κ3) is 5.20. The Labute approximate surface area is 121 Å². The molecule has 1 aromatic carbocycles. The van der Waals surface area contributed by atoms with Gasteiger partial charge in [-0.25, -0.2) is 8.42 Å². The Kier molecular flexibility index (Phi) is 7.15. The molecule has 0 spiro atoms. The zero-order chi connectivity index (χ0) is 15.0. The summed E-state index contributed by atoms with van der Waals surface area (Å²) in [5.41, 5.74) is 7.23. The Morgan fingerprint density at radius 2 is 1.75 bits per heavy atom. The average molecular weight is 300 g/mol. The third-order valence-corrected chi connectivity index (χ3v) is 4.96. The van der Waals surface area contributed by atoms with Crippen LogP contribution >= 0.6 is 0 Å². The molecule has 0 aromatic heterocycles. The maximum absolute atomic E-state index is 12.3. The molecule has 0 aliphatic rings. The number of hydrogen-bond donors (Lipinski definition) is 2. The lowest BCUT2D eigenvalue weighted by Crippen LogP contribution is -2.35. The number of benzene rings is 1. The highest BCUT2D eigenvalue weighted by atomic mass is 32.2. The van der Waals surface area contributed by atoms with E-state index in [1.165, 1.54) is 4.31 Å². The normalized spacial score (nSPS) is 12.0. The average Bonchev–Trinajstić information content (AvgIpc) is 2.43. The molecule has 1 aromatic rings. The smallest absolute Gasteiger partial charge is 0.218 e. The first kappa shape index (κ1) is 17.1. The van der Waals surface area contributed by atoms with E-state index < -0.39 is 10.0 Å². The van der Waals surface area contributed by atoms with Crippen LogP contribution < -0.4 is 5.73 Å². The summed E-state index contributed by atoms with van der Waals surface area (Å²) in [4.78, 5) is 0. The first-order valence-electron chi connectivity index (χ1n) is 6.90. The monoisotopic (exact) mass is 300 g/mol. The second-order valence-corrected chi connectivity index (χ2v) is 6.72. The standard InChI is InChI=1S/C14H24N2O3S/c1-2-3-8-16(9-10-17)20(18,19)12-14-6-4-13(11-15)5-7-14/h4-7,17H,2-3,8-12,15H2,1H3. The molecule has 0 aliphatic carbocycles. The lowest BCUT2D eigenvalue weighted by molar-refractivity contribution is 0.252. The highest BCUT2D eigenvalue weighted by molar-refractivity contribution is 7.88. The quantitative estimate of drug-likeness (QED) is 0.714. The molecule has 3 N–H and O–H groups in total. The second-order valence-electron chi connectivity index (χ2n) is 4.75. The number of aliphatic hydroxyl groups excluding tert-OH is 1. The molecule has 0 radical (unpaired) electrons. The first-order chi connectivity index (χ1) is 9.53. The van der Waals surface area contributed by atoms with Crippen molar-refractivity contribution in [3.05, 3.63) is 35.4 Å². The van der Waals surface area contributed by atoms with E-state index in [0.717, 1.165) is 24.0 Å². The second kappa shape index (κ2) is 8.36. The highest BCUT2D eigenvalue weighted by Crippen LogP contribution is 2.13. The van der Waals surface area contributed by atoms with Crippen LogP contribution in [0.3, 0.4) is 0 Å². The van der Waals surface area contributed by atoms with Gasteiger partial charge in [0.15, 0.2) is 0 Å². The Balaban J connectivity index is 2.78. The van der Waals surface area contributed by atoms with Gasteiger partial charge in [-0.1, -0.05) is 37.6 Å². The van der Waals surface area contributed by atoms with Gasteiger partial charge in [-0.2, -0.15) is 4.31 Å². The minimum Gasteiger partial charge on any atom is -0.395 e. The maximum atomic E-state index is 12.3. The van der Waals surface area contributed by atoms with Crippen LogP contribution in [0.4, 0.5) is 0 Å². The van der Waals surface area contributed by atoms with Crippen molar-refractivity contribution >= 4 is 10.0 Å². The van der Waals surface area contributed by atoms with Crippen molar-refractivity contribution in [2.45, 2.75) is 32.1 Å². The van der Waals surface area contributed by atoms with Crippen LogP contribution in [-0.2, 0) is 22.3 Å². The minimum atomic E-state index is -3.39. The van der Waals surface area contributed by atoms with Gasteiger partial charge < -0.3 is 10.8 Å². The van der Waals surface area contributed by atoms with Gasteiger partial charge in [0.05, 0.1) is 12.4 Å². The largest absolute Gasteiger partial charge is 0.395 e. The topological polar surface area (TPSA) is 83.6 Å². The summed E-state index contributed by atoms with van der Waals surface area (Å²) in [6, 6.07) is 7.26. The fourth-order valence-corrected chi connectivity index (χ4v) is 3.47. The lowest BCUT2D eigenvalue weighted by atomic mass is 10.1. The zero-order valence-corrected chi connectivity index (χ0v) is 12.8. The van der Waals surface area contributed by atoms with Crippen molar-refractivity contribution in [2.24, 2.45) is 5.73 Å². The van der Waals surface area contributed by atoms with E-state index in [0.29, 0.717) is 13.1 Å². The Bertz CT molecular complexity index is 486. The van der Waals surface area contributed by atoms with Gasteiger partial charge in [0.2, 0.25) is 10.0 Å². The summed E-state index contributed by atoms with van der Waals surface area (Å²) in [7, 11) is -3.39. The van der Waals surface area contributed by atoms with Crippen LogP contribution in [0.25, 0.3) is 0 Å². The first-order valence-corrected chi connectivity index (χ1v) is 8.51. The summed E-state index contributed by atoms with van der Waals surface area (Å²) in [6.45, 7) is 2.91. The highest BCUT2D eigenvalue weighted by Gasteiger charge is 2.21. The lowest BCUT2D eigenvalue weighted by Gasteiger charge is -2.21. The molecule has 20 heavy (non-hydrogen) atoms. The molecule has 0 atom stereocenters. The van der Waals surface area contributed by atoms with Crippen molar-refractivity contribution < 1.29 is 13.5 Å². The number of hydrogen-bond acceptors (Lipinski definition) is 4. The number of rotatable bonds is 9. The van der Waals surface area contributed by atoms with Crippen molar-refractivity contribution in [2.75, 3.05) is 19.7 Å². The molecule has 0 saturated heterocycles. The third-order valence-electron chi connectivity index (χ3n) is 3.11. The number of nitrogens with zero attached hydrogens (tertiary/aromatic N) is 1. The molecule has 0 amide bonds. The fourth-order valence-electron chi connectivity index (χ4n) is 1.91. The SMILES string of the molecule is CCCCN(CCO)S(=O)(=O)Cc1ccc(CN)cc1. The van der Waals surface area contributed by atoms with Gasteiger partial charge >= 0.3 is 0 Å². The molecule has 6 heteroatoms. The predicted octanol–water partition coefficient (Wildman–Crippen LogP) is 1.07. The van der Waals surface area contributed by atoms with Crippen LogP contribution in [0.5, 0.6) is 0 Å². The maximum Gasteiger partial charge on any atom is 0.218 e. The molecule has 5 nitrogen and oxygen atoms in total. The van der Waals surface area contributed by atoms with Crippen molar-refractivity contribution in [1.29, 1.82) is 0 Å². The van der Waals surface area contributed by atoms with Gasteiger partial charge in [0, 0.05) is 19.6 Å². The zero-order valence-electron chi connectivity index (χ0n) is 12.0. The van der Waals surface area contributed by atoms with E-state index in [1.807, 2.05) is 19.1 Å². The summed E-state index contributed by atoms with van der Waals surface area (Å²) >= 11 is 0. The van der Waals surface area contributed by atoms with Crippen LogP contribution in [0, 0.1) is 0 Å². The molecule has 0 unspecified atom stereocenters. The van der Waals surface area contributed by atoms with Gasteiger partial charge in [-0.15, -0.1) is 0 Å². The van der Waals surface area contributed by atoms with Gasteiger partial charge in [-0.3, -0.25) is 0 Å². The van der Waals surface area contributed by atoms with Crippen molar-refractivity contribution in [3.8, 4) is 0 Å². The molecule has 0 saturated carbocycles. The molecule has 0 bridgehead atoms. The van der Waals surface area contributed by atoms with Crippen LogP contribution in [-0.4, -0.2) is 37.5 Å². The fraction of sp³-hybridized carbons (Fsp3) is 0.571.